The summed E-state index contributed by atoms with van der Waals surface area (Å²) in [7, 11) is 1.74. The summed E-state index contributed by atoms with van der Waals surface area (Å²) >= 11 is 0. The van der Waals surface area contributed by atoms with E-state index in [9.17, 15) is 14.0 Å². The van der Waals surface area contributed by atoms with Crippen LogP contribution in [0.3, 0.4) is 0 Å². The predicted molar refractivity (Wildman–Crippen MR) is 113 cm³/mol. The number of hydrogen-bond donors (Lipinski definition) is 0. The lowest BCUT2D eigenvalue weighted by Crippen LogP contribution is -2.53. The molecule has 0 bridgehead atoms. The van der Waals surface area contributed by atoms with E-state index < -0.39 is 0 Å². The average molecular weight is 410 g/mol. The van der Waals surface area contributed by atoms with Crippen molar-refractivity contribution in [1.82, 2.24) is 14.7 Å². The number of benzene rings is 2. The first-order valence-electron chi connectivity index (χ1n) is 10.6. The summed E-state index contributed by atoms with van der Waals surface area (Å²) in [5, 5.41) is 0. The van der Waals surface area contributed by atoms with E-state index in [0.717, 1.165) is 25.2 Å². The van der Waals surface area contributed by atoms with Crippen molar-refractivity contribution < 1.29 is 14.0 Å². The number of amides is 2. The number of piperazine rings is 1. The monoisotopic (exact) mass is 409 g/mol. The van der Waals surface area contributed by atoms with Crippen molar-refractivity contribution in [3.05, 3.63) is 71.5 Å². The topological polar surface area (TPSA) is 43.9 Å². The molecule has 0 spiro atoms. The summed E-state index contributed by atoms with van der Waals surface area (Å²) < 4.78 is 13.4. The molecule has 2 aromatic rings. The van der Waals surface area contributed by atoms with Crippen molar-refractivity contribution in [1.29, 1.82) is 0 Å². The average Bonchev–Trinajstić information content (AvgIpc) is 2.77. The van der Waals surface area contributed by atoms with Gasteiger partial charge >= 0.3 is 0 Å². The van der Waals surface area contributed by atoms with Crippen LogP contribution in [-0.2, 0) is 16.1 Å². The van der Waals surface area contributed by atoms with E-state index in [1.54, 1.807) is 24.1 Å². The first kappa shape index (κ1) is 20.5. The van der Waals surface area contributed by atoms with E-state index in [0.29, 0.717) is 25.9 Å². The predicted octanol–water partition coefficient (Wildman–Crippen LogP) is 3.08. The molecule has 2 fully saturated rings. The van der Waals surface area contributed by atoms with E-state index in [1.165, 1.54) is 17.7 Å². The van der Waals surface area contributed by atoms with Crippen LogP contribution in [0.15, 0.2) is 54.6 Å². The first-order valence-corrected chi connectivity index (χ1v) is 10.6. The molecule has 30 heavy (non-hydrogen) atoms. The van der Waals surface area contributed by atoms with Gasteiger partial charge in [0.25, 0.3) is 0 Å². The van der Waals surface area contributed by atoms with Crippen molar-refractivity contribution >= 4 is 11.8 Å². The smallest absolute Gasteiger partial charge is 0.228 e. The Labute approximate surface area is 177 Å². The maximum atomic E-state index is 13.4. The zero-order chi connectivity index (χ0) is 21.1. The Morgan fingerprint density at radius 2 is 1.67 bits per heavy atom. The van der Waals surface area contributed by atoms with Crippen LogP contribution >= 0.6 is 0 Å². The van der Waals surface area contributed by atoms with Crippen LogP contribution in [0, 0.1) is 11.7 Å². The molecule has 4 rings (SSSR count). The Balaban J connectivity index is 1.43. The van der Waals surface area contributed by atoms with Crippen LogP contribution in [0.1, 0.15) is 30.0 Å². The third kappa shape index (κ3) is 4.38. The Kier molecular flexibility index (Phi) is 6.13. The SMILES string of the molecule is CN1C(=O)CC[C@H](C(=O)N2CCN(Cc3ccccc3)CC2)[C@@H]1c1ccc(F)cc1. The first-order chi connectivity index (χ1) is 14.5. The van der Waals surface area contributed by atoms with Gasteiger partial charge < -0.3 is 9.80 Å². The Hall–Kier alpha value is -2.73. The second kappa shape index (κ2) is 8.96. The van der Waals surface area contributed by atoms with E-state index in [2.05, 4.69) is 17.0 Å². The van der Waals surface area contributed by atoms with Gasteiger partial charge in [-0.3, -0.25) is 14.5 Å². The van der Waals surface area contributed by atoms with Gasteiger partial charge in [-0.25, -0.2) is 4.39 Å². The number of hydrogen-bond acceptors (Lipinski definition) is 3. The molecule has 2 amide bonds. The molecule has 0 aromatic heterocycles. The molecule has 2 aromatic carbocycles. The van der Waals surface area contributed by atoms with E-state index in [-0.39, 0.29) is 29.6 Å². The number of piperidine rings is 1. The van der Waals surface area contributed by atoms with Crippen molar-refractivity contribution in [3.8, 4) is 0 Å². The Morgan fingerprint density at radius 1 is 1.00 bits per heavy atom. The summed E-state index contributed by atoms with van der Waals surface area (Å²) in [6, 6.07) is 16.2. The van der Waals surface area contributed by atoms with Crippen molar-refractivity contribution in [3.63, 3.8) is 0 Å². The van der Waals surface area contributed by atoms with E-state index in [1.807, 2.05) is 23.1 Å². The number of carbonyl (C=O) groups excluding carboxylic acids is 2. The van der Waals surface area contributed by atoms with Gasteiger partial charge in [0, 0.05) is 46.2 Å². The molecule has 5 nitrogen and oxygen atoms in total. The summed E-state index contributed by atoms with van der Waals surface area (Å²) in [6.45, 7) is 3.94. The summed E-state index contributed by atoms with van der Waals surface area (Å²) in [4.78, 5) is 31.7. The van der Waals surface area contributed by atoms with Crippen molar-refractivity contribution in [2.24, 2.45) is 5.92 Å². The summed E-state index contributed by atoms with van der Waals surface area (Å²) in [5.41, 5.74) is 2.09. The fourth-order valence-electron chi connectivity index (χ4n) is 4.62. The van der Waals surface area contributed by atoms with Crippen LogP contribution in [0.25, 0.3) is 0 Å². The van der Waals surface area contributed by atoms with Crippen LogP contribution < -0.4 is 0 Å². The molecule has 0 aliphatic carbocycles. The fourth-order valence-corrected chi connectivity index (χ4v) is 4.62. The Bertz CT molecular complexity index is 879. The largest absolute Gasteiger partial charge is 0.340 e. The molecule has 2 atom stereocenters. The second-order valence-electron chi connectivity index (χ2n) is 8.23. The van der Waals surface area contributed by atoms with Crippen LogP contribution in [0.5, 0.6) is 0 Å². The summed E-state index contributed by atoms with van der Waals surface area (Å²) in [6.07, 6.45) is 0.910. The van der Waals surface area contributed by atoms with Gasteiger partial charge in [0.05, 0.1) is 12.0 Å². The van der Waals surface area contributed by atoms with E-state index >= 15 is 0 Å². The number of nitrogens with zero attached hydrogens (tertiary/aromatic N) is 3. The molecular weight excluding hydrogens is 381 g/mol. The maximum absolute atomic E-state index is 13.4. The highest BCUT2D eigenvalue weighted by Gasteiger charge is 2.41. The molecule has 6 heteroatoms. The molecule has 0 unspecified atom stereocenters. The zero-order valence-corrected chi connectivity index (χ0v) is 17.3. The molecule has 0 saturated carbocycles. The lowest BCUT2D eigenvalue weighted by Gasteiger charge is -2.42. The fraction of sp³-hybridized carbons (Fsp3) is 0.417. The minimum atomic E-state index is -0.346. The molecule has 158 valence electrons. The zero-order valence-electron chi connectivity index (χ0n) is 17.3. The number of likely N-dealkylation sites (tertiary alicyclic amines) is 1. The van der Waals surface area contributed by atoms with Gasteiger partial charge in [0.1, 0.15) is 5.82 Å². The van der Waals surface area contributed by atoms with Gasteiger partial charge in [-0.05, 0) is 29.7 Å². The van der Waals surface area contributed by atoms with Gasteiger partial charge in [0.2, 0.25) is 11.8 Å². The third-order valence-corrected chi connectivity index (χ3v) is 6.32. The van der Waals surface area contributed by atoms with Gasteiger partial charge in [0.15, 0.2) is 0 Å². The lowest BCUT2D eigenvalue weighted by atomic mass is 9.83. The number of carbonyl (C=O) groups is 2. The number of halogens is 1. The van der Waals surface area contributed by atoms with E-state index in [4.69, 9.17) is 0 Å². The van der Waals surface area contributed by atoms with Crippen LogP contribution in [0.4, 0.5) is 4.39 Å². The maximum Gasteiger partial charge on any atom is 0.228 e. The van der Waals surface area contributed by atoms with Crippen LogP contribution in [0.2, 0.25) is 0 Å². The summed E-state index contributed by atoms with van der Waals surface area (Å²) in [5.74, 6) is -0.483. The molecule has 2 aliphatic rings. The normalized spacial score (nSPS) is 22.9. The molecule has 0 radical (unpaired) electrons. The van der Waals surface area contributed by atoms with Gasteiger partial charge in [-0.2, -0.15) is 0 Å². The standard InChI is InChI=1S/C24H28FN3O2/c1-26-22(29)12-11-21(23(26)19-7-9-20(25)10-8-19)24(30)28-15-13-27(14-16-28)17-18-5-3-2-4-6-18/h2-10,21,23H,11-17H2,1H3/t21-,23-/m0/s1. The quantitative estimate of drug-likeness (QED) is 0.780. The highest BCUT2D eigenvalue weighted by Crippen LogP contribution is 2.37. The van der Waals surface area contributed by atoms with Crippen LogP contribution in [-0.4, -0.2) is 59.7 Å². The lowest BCUT2D eigenvalue weighted by molar-refractivity contribution is -0.147. The molecule has 2 saturated heterocycles. The third-order valence-electron chi connectivity index (χ3n) is 6.32. The highest BCUT2D eigenvalue weighted by atomic mass is 19.1. The Morgan fingerprint density at radius 3 is 2.33 bits per heavy atom. The minimum absolute atomic E-state index is 0.0288. The van der Waals surface area contributed by atoms with Crippen molar-refractivity contribution in [2.75, 3.05) is 33.2 Å². The van der Waals surface area contributed by atoms with Gasteiger partial charge in [-0.1, -0.05) is 42.5 Å². The molecule has 0 N–H and O–H groups in total. The minimum Gasteiger partial charge on any atom is -0.340 e. The molecule has 2 heterocycles. The van der Waals surface area contributed by atoms with Gasteiger partial charge in [-0.15, -0.1) is 0 Å². The molecular formula is C24H28FN3O2. The molecule has 2 aliphatic heterocycles. The van der Waals surface area contributed by atoms with Crippen molar-refractivity contribution in [2.45, 2.75) is 25.4 Å². The number of rotatable bonds is 4. The highest BCUT2D eigenvalue weighted by molar-refractivity contribution is 5.85. The second-order valence-corrected chi connectivity index (χ2v) is 8.23.